The van der Waals surface area contributed by atoms with Crippen molar-refractivity contribution in [3.05, 3.63) is 60.0 Å². The van der Waals surface area contributed by atoms with Gasteiger partial charge in [-0.3, -0.25) is 4.98 Å². The smallest absolute Gasteiger partial charge is 0.231 e. The predicted octanol–water partition coefficient (Wildman–Crippen LogP) is 3.33. The van der Waals surface area contributed by atoms with Gasteiger partial charge in [0.25, 0.3) is 0 Å². The first kappa shape index (κ1) is 17.1. The Morgan fingerprint density at radius 1 is 1.04 bits per heavy atom. The topological polar surface area (TPSA) is 72.4 Å². The highest BCUT2D eigenvalue weighted by molar-refractivity contribution is 5.62. The minimum atomic E-state index is 0.262. The van der Waals surface area contributed by atoms with Gasteiger partial charge < -0.3 is 19.7 Å². The van der Waals surface area contributed by atoms with Crippen LogP contribution in [0.4, 0.5) is 17.5 Å². The lowest BCUT2D eigenvalue weighted by Gasteiger charge is -2.18. The molecule has 3 aromatic rings. The first-order valence-electron chi connectivity index (χ1n) is 8.80. The Kier molecular flexibility index (Phi) is 4.74. The predicted molar refractivity (Wildman–Crippen MR) is 104 cm³/mol. The van der Waals surface area contributed by atoms with Gasteiger partial charge in [-0.1, -0.05) is 0 Å². The zero-order valence-electron chi connectivity index (χ0n) is 15.3. The SMILES string of the molecule is Cc1cc(Nc2ccc3c(c2)OCO3)nc(N(C)CCc2ccncc2)n1. The summed E-state index contributed by atoms with van der Waals surface area (Å²) in [7, 11) is 2.00. The van der Waals surface area contributed by atoms with E-state index >= 15 is 0 Å². The normalized spacial score (nSPS) is 12.1. The average Bonchev–Trinajstić information content (AvgIpc) is 3.14. The van der Waals surface area contributed by atoms with Crippen LogP contribution in [-0.4, -0.2) is 35.3 Å². The number of hydrogen-bond acceptors (Lipinski definition) is 7. The van der Waals surface area contributed by atoms with Crippen LogP contribution in [0.25, 0.3) is 0 Å². The van der Waals surface area contributed by atoms with Gasteiger partial charge in [0.05, 0.1) is 0 Å². The third kappa shape index (κ3) is 4.08. The fourth-order valence-electron chi connectivity index (χ4n) is 2.86. The number of fused-ring (bicyclic) bond motifs is 1. The maximum atomic E-state index is 5.43. The third-order valence-corrected chi connectivity index (χ3v) is 4.31. The van der Waals surface area contributed by atoms with Gasteiger partial charge in [0.1, 0.15) is 5.82 Å². The van der Waals surface area contributed by atoms with Gasteiger partial charge in [-0.05, 0) is 43.2 Å². The van der Waals surface area contributed by atoms with Crippen LogP contribution in [0.2, 0.25) is 0 Å². The van der Waals surface area contributed by atoms with E-state index in [1.54, 1.807) is 0 Å². The lowest BCUT2D eigenvalue weighted by atomic mass is 10.2. The highest BCUT2D eigenvalue weighted by Gasteiger charge is 2.14. The summed E-state index contributed by atoms with van der Waals surface area (Å²) >= 11 is 0. The van der Waals surface area contributed by atoms with E-state index in [9.17, 15) is 0 Å². The number of nitrogens with zero attached hydrogens (tertiary/aromatic N) is 4. The van der Waals surface area contributed by atoms with Gasteiger partial charge in [-0.15, -0.1) is 0 Å². The van der Waals surface area contributed by atoms with Crippen molar-refractivity contribution in [3.8, 4) is 11.5 Å². The Hall–Kier alpha value is -3.35. The van der Waals surface area contributed by atoms with E-state index in [0.717, 1.165) is 41.7 Å². The van der Waals surface area contributed by atoms with Crippen molar-refractivity contribution in [2.45, 2.75) is 13.3 Å². The van der Waals surface area contributed by atoms with Gasteiger partial charge >= 0.3 is 0 Å². The molecule has 7 heteroatoms. The van der Waals surface area contributed by atoms with E-state index in [0.29, 0.717) is 5.95 Å². The molecule has 0 amide bonds. The molecule has 0 saturated carbocycles. The zero-order valence-corrected chi connectivity index (χ0v) is 15.3. The van der Waals surface area contributed by atoms with Crippen molar-refractivity contribution in [1.82, 2.24) is 15.0 Å². The number of aryl methyl sites for hydroxylation is 1. The second kappa shape index (κ2) is 7.49. The van der Waals surface area contributed by atoms with Gasteiger partial charge in [-0.2, -0.15) is 4.98 Å². The molecular formula is C20H21N5O2. The van der Waals surface area contributed by atoms with Crippen LogP contribution in [0.15, 0.2) is 48.8 Å². The summed E-state index contributed by atoms with van der Waals surface area (Å²) in [5.41, 5.74) is 3.03. The molecule has 1 N–H and O–H groups in total. The molecule has 4 rings (SSSR count). The molecule has 1 aromatic carbocycles. The van der Waals surface area contributed by atoms with Crippen LogP contribution in [0, 0.1) is 6.92 Å². The molecule has 0 fully saturated rings. The maximum Gasteiger partial charge on any atom is 0.231 e. The summed E-state index contributed by atoms with van der Waals surface area (Å²) in [6, 6.07) is 11.7. The molecule has 0 bridgehead atoms. The molecule has 27 heavy (non-hydrogen) atoms. The highest BCUT2D eigenvalue weighted by atomic mass is 16.7. The molecule has 2 aromatic heterocycles. The number of nitrogens with one attached hydrogen (secondary N) is 1. The molecule has 0 unspecified atom stereocenters. The molecule has 0 radical (unpaired) electrons. The summed E-state index contributed by atoms with van der Waals surface area (Å²) in [5, 5.41) is 3.32. The molecule has 0 atom stereocenters. The largest absolute Gasteiger partial charge is 0.454 e. The van der Waals surface area contributed by atoms with Crippen molar-refractivity contribution in [2.75, 3.05) is 30.6 Å². The Labute approximate surface area is 158 Å². The molecule has 3 heterocycles. The van der Waals surface area contributed by atoms with Crippen molar-refractivity contribution < 1.29 is 9.47 Å². The minimum absolute atomic E-state index is 0.262. The number of benzene rings is 1. The fraction of sp³-hybridized carbons (Fsp3) is 0.250. The van der Waals surface area contributed by atoms with E-state index in [2.05, 4.69) is 25.2 Å². The Morgan fingerprint density at radius 2 is 1.85 bits per heavy atom. The van der Waals surface area contributed by atoms with Crippen LogP contribution in [-0.2, 0) is 6.42 Å². The van der Waals surface area contributed by atoms with Crippen molar-refractivity contribution >= 4 is 17.5 Å². The molecular weight excluding hydrogens is 342 g/mol. The van der Waals surface area contributed by atoms with Crippen LogP contribution in [0.3, 0.4) is 0 Å². The number of rotatable bonds is 6. The summed E-state index contributed by atoms with van der Waals surface area (Å²) in [6.45, 7) is 3.04. The highest BCUT2D eigenvalue weighted by Crippen LogP contribution is 2.35. The first-order valence-corrected chi connectivity index (χ1v) is 8.80. The Bertz CT molecular complexity index is 933. The van der Waals surface area contributed by atoms with E-state index in [-0.39, 0.29) is 6.79 Å². The van der Waals surface area contributed by atoms with Crippen LogP contribution < -0.4 is 19.7 Å². The first-order chi connectivity index (χ1) is 13.2. The third-order valence-electron chi connectivity index (χ3n) is 4.31. The van der Waals surface area contributed by atoms with Crippen LogP contribution >= 0.6 is 0 Å². The fourth-order valence-corrected chi connectivity index (χ4v) is 2.86. The molecule has 1 aliphatic rings. The monoisotopic (exact) mass is 363 g/mol. The molecule has 0 spiro atoms. The van der Waals surface area contributed by atoms with Gasteiger partial charge in [0, 0.05) is 49.5 Å². The van der Waals surface area contributed by atoms with Gasteiger partial charge in [-0.25, -0.2) is 4.98 Å². The van der Waals surface area contributed by atoms with E-state index < -0.39 is 0 Å². The maximum absolute atomic E-state index is 5.43. The van der Waals surface area contributed by atoms with Crippen molar-refractivity contribution in [2.24, 2.45) is 0 Å². The summed E-state index contributed by atoms with van der Waals surface area (Å²) < 4.78 is 10.8. The molecule has 7 nitrogen and oxygen atoms in total. The summed E-state index contributed by atoms with van der Waals surface area (Å²) in [4.78, 5) is 15.3. The lowest BCUT2D eigenvalue weighted by molar-refractivity contribution is 0.174. The Balaban J connectivity index is 1.47. The number of aromatic nitrogens is 3. The molecule has 0 aliphatic carbocycles. The lowest BCUT2D eigenvalue weighted by Crippen LogP contribution is -2.23. The van der Waals surface area contributed by atoms with E-state index in [1.807, 2.05) is 62.8 Å². The number of anilines is 3. The van der Waals surface area contributed by atoms with E-state index in [4.69, 9.17) is 9.47 Å². The van der Waals surface area contributed by atoms with Crippen molar-refractivity contribution in [3.63, 3.8) is 0 Å². The standard InChI is InChI=1S/C20H21N5O2/c1-14-11-19(23-16-3-4-17-18(12-16)27-13-26-17)24-20(22-14)25(2)10-7-15-5-8-21-9-6-15/h3-6,8-9,11-12H,7,10,13H2,1-2H3,(H,22,23,24). The quantitative estimate of drug-likeness (QED) is 0.720. The van der Waals surface area contributed by atoms with E-state index in [1.165, 1.54) is 5.56 Å². The van der Waals surface area contributed by atoms with Gasteiger partial charge in [0.15, 0.2) is 11.5 Å². The average molecular weight is 363 g/mol. The Morgan fingerprint density at radius 3 is 2.70 bits per heavy atom. The van der Waals surface area contributed by atoms with Crippen molar-refractivity contribution in [1.29, 1.82) is 0 Å². The second-order valence-corrected chi connectivity index (χ2v) is 6.41. The molecule has 138 valence electrons. The second-order valence-electron chi connectivity index (χ2n) is 6.41. The molecule has 1 aliphatic heterocycles. The summed E-state index contributed by atoms with van der Waals surface area (Å²) in [5.74, 6) is 2.93. The molecule has 0 saturated heterocycles. The van der Waals surface area contributed by atoms with Crippen LogP contribution in [0.5, 0.6) is 11.5 Å². The minimum Gasteiger partial charge on any atom is -0.454 e. The number of hydrogen-bond donors (Lipinski definition) is 1. The number of likely N-dealkylation sites (N-methyl/N-ethyl adjacent to an activating group) is 1. The van der Waals surface area contributed by atoms with Gasteiger partial charge in [0.2, 0.25) is 12.7 Å². The van der Waals surface area contributed by atoms with Crippen LogP contribution in [0.1, 0.15) is 11.3 Å². The number of ether oxygens (including phenoxy) is 2. The summed E-state index contributed by atoms with van der Waals surface area (Å²) in [6.07, 6.45) is 4.53. The number of pyridine rings is 1. The zero-order chi connectivity index (χ0) is 18.6.